The molecule has 0 aromatic rings. The SMILES string of the molecule is CCCN(CC(=O)OCC)C(=O)CCSC. The summed E-state index contributed by atoms with van der Waals surface area (Å²) in [5.41, 5.74) is 0. The van der Waals surface area contributed by atoms with Crippen LogP contribution in [0.1, 0.15) is 26.7 Å². The average molecular weight is 247 g/mol. The number of thioether (sulfide) groups is 1. The summed E-state index contributed by atoms with van der Waals surface area (Å²) < 4.78 is 4.84. The average Bonchev–Trinajstić information content (AvgIpc) is 2.25. The van der Waals surface area contributed by atoms with Crippen LogP contribution in [0, 0.1) is 0 Å². The zero-order chi connectivity index (χ0) is 12.4. The first-order valence-corrected chi connectivity index (χ1v) is 6.97. The van der Waals surface area contributed by atoms with E-state index in [9.17, 15) is 9.59 Å². The molecule has 94 valence electrons. The fourth-order valence-corrected chi connectivity index (χ4v) is 1.65. The summed E-state index contributed by atoms with van der Waals surface area (Å²) in [6.45, 7) is 4.80. The zero-order valence-corrected chi connectivity index (χ0v) is 11.1. The molecule has 0 aliphatic rings. The van der Waals surface area contributed by atoms with Crippen molar-refractivity contribution in [2.75, 3.05) is 31.7 Å². The van der Waals surface area contributed by atoms with Gasteiger partial charge in [0.1, 0.15) is 6.54 Å². The molecule has 4 nitrogen and oxygen atoms in total. The standard InChI is InChI=1S/C11H21NO3S/c1-4-7-12(9-11(14)15-5-2)10(13)6-8-16-3/h4-9H2,1-3H3. The van der Waals surface area contributed by atoms with Crippen LogP contribution in [0.3, 0.4) is 0 Å². The highest BCUT2D eigenvalue weighted by molar-refractivity contribution is 7.98. The maximum atomic E-state index is 11.7. The van der Waals surface area contributed by atoms with Crippen molar-refractivity contribution in [1.29, 1.82) is 0 Å². The smallest absolute Gasteiger partial charge is 0.325 e. The molecule has 1 amide bonds. The molecule has 0 N–H and O–H groups in total. The van der Waals surface area contributed by atoms with Crippen LogP contribution in [0.2, 0.25) is 0 Å². The lowest BCUT2D eigenvalue weighted by molar-refractivity contribution is -0.148. The van der Waals surface area contributed by atoms with Crippen molar-refractivity contribution >= 4 is 23.6 Å². The van der Waals surface area contributed by atoms with Crippen LogP contribution in [0.25, 0.3) is 0 Å². The van der Waals surface area contributed by atoms with Gasteiger partial charge in [-0.15, -0.1) is 0 Å². The van der Waals surface area contributed by atoms with Crippen molar-refractivity contribution in [3.8, 4) is 0 Å². The molecule has 0 aromatic heterocycles. The molecule has 0 spiro atoms. The maximum absolute atomic E-state index is 11.7. The van der Waals surface area contributed by atoms with E-state index in [1.807, 2.05) is 13.2 Å². The van der Waals surface area contributed by atoms with Gasteiger partial charge in [0.2, 0.25) is 5.91 Å². The predicted octanol–water partition coefficient (Wildman–Crippen LogP) is 1.54. The van der Waals surface area contributed by atoms with Gasteiger partial charge in [0.15, 0.2) is 0 Å². The molecule has 0 atom stereocenters. The van der Waals surface area contributed by atoms with Crippen LogP contribution in [-0.4, -0.2) is 48.5 Å². The minimum atomic E-state index is -0.326. The van der Waals surface area contributed by atoms with E-state index in [2.05, 4.69) is 0 Å². The Morgan fingerprint density at radius 3 is 2.50 bits per heavy atom. The van der Waals surface area contributed by atoms with Crippen LogP contribution in [0.5, 0.6) is 0 Å². The summed E-state index contributed by atoms with van der Waals surface area (Å²) in [5, 5.41) is 0. The summed E-state index contributed by atoms with van der Waals surface area (Å²) in [4.78, 5) is 24.6. The monoisotopic (exact) mass is 247 g/mol. The molecule has 0 saturated heterocycles. The minimum absolute atomic E-state index is 0.0317. The third kappa shape index (κ3) is 6.71. The predicted molar refractivity (Wildman–Crippen MR) is 66.5 cm³/mol. The number of ether oxygens (including phenoxy) is 1. The van der Waals surface area contributed by atoms with E-state index < -0.39 is 0 Å². The topological polar surface area (TPSA) is 46.6 Å². The van der Waals surface area contributed by atoms with Crippen molar-refractivity contribution in [2.24, 2.45) is 0 Å². The van der Waals surface area contributed by atoms with Gasteiger partial charge >= 0.3 is 5.97 Å². The highest BCUT2D eigenvalue weighted by Crippen LogP contribution is 2.02. The highest BCUT2D eigenvalue weighted by Gasteiger charge is 2.16. The number of nitrogens with zero attached hydrogens (tertiary/aromatic N) is 1. The van der Waals surface area contributed by atoms with Gasteiger partial charge < -0.3 is 9.64 Å². The number of esters is 1. The Hall–Kier alpha value is -0.710. The largest absolute Gasteiger partial charge is 0.465 e. The summed E-state index contributed by atoms with van der Waals surface area (Å²) in [6.07, 6.45) is 3.30. The fraction of sp³-hybridized carbons (Fsp3) is 0.818. The zero-order valence-electron chi connectivity index (χ0n) is 10.3. The second kappa shape index (κ2) is 9.51. The van der Waals surface area contributed by atoms with Crippen LogP contribution in [-0.2, 0) is 14.3 Å². The van der Waals surface area contributed by atoms with E-state index in [0.717, 1.165) is 12.2 Å². The highest BCUT2D eigenvalue weighted by atomic mass is 32.2. The Morgan fingerprint density at radius 1 is 1.31 bits per heavy atom. The summed E-state index contributed by atoms with van der Waals surface area (Å²) in [5.74, 6) is 0.500. The van der Waals surface area contributed by atoms with Crippen LogP contribution in [0.4, 0.5) is 0 Å². The van der Waals surface area contributed by atoms with E-state index in [4.69, 9.17) is 4.74 Å². The van der Waals surface area contributed by atoms with Gasteiger partial charge in [0, 0.05) is 18.7 Å². The van der Waals surface area contributed by atoms with Crippen molar-refractivity contribution in [1.82, 2.24) is 4.90 Å². The molecule has 0 heterocycles. The van der Waals surface area contributed by atoms with E-state index in [0.29, 0.717) is 19.6 Å². The third-order valence-electron chi connectivity index (χ3n) is 1.99. The van der Waals surface area contributed by atoms with Gasteiger partial charge in [-0.2, -0.15) is 11.8 Å². The normalized spacial score (nSPS) is 9.94. The number of rotatable bonds is 8. The molecule has 0 aromatic carbocycles. The molecule has 0 radical (unpaired) electrons. The molecular weight excluding hydrogens is 226 g/mol. The molecule has 0 aliphatic heterocycles. The number of amides is 1. The van der Waals surface area contributed by atoms with E-state index in [1.54, 1.807) is 23.6 Å². The fourth-order valence-electron chi connectivity index (χ4n) is 1.27. The Balaban J connectivity index is 4.13. The molecule has 0 bridgehead atoms. The molecular formula is C11H21NO3S. The Kier molecular flexibility index (Phi) is 9.09. The number of carbonyl (C=O) groups excluding carboxylic acids is 2. The van der Waals surface area contributed by atoms with Gasteiger partial charge in [0.05, 0.1) is 6.61 Å². The second-order valence-corrected chi connectivity index (χ2v) is 4.35. The second-order valence-electron chi connectivity index (χ2n) is 3.36. The lowest BCUT2D eigenvalue weighted by atomic mass is 10.3. The van der Waals surface area contributed by atoms with Crippen molar-refractivity contribution < 1.29 is 14.3 Å². The van der Waals surface area contributed by atoms with E-state index in [-0.39, 0.29) is 18.4 Å². The van der Waals surface area contributed by atoms with Gasteiger partial charge in [-0.05, 0) is 19.6 Å². The van der Waals surface area contributed by atoms with Gasteiger partial charge in [-0.25, -0.2) is 0 Å². The van der Waals surface area contributed by atoms with Crippen LogP contribution < -0.4 is 0 Å². The lowest BCUT2D eigenvalue weighted by Gasteiger charge is -2.20. The molecule has 0 rings (SSSR count). The van der Waals surface area contributed by atoms with E-state index in [1.165, 1.54) is 0 Å². The number of hydrogen-bond acceptors (Lipinski definition) is 4. The van der Waals surface area contributed by atoms with Gasteiger partial charge in [-0.1, -0.05) is 6.92 Å². The first-order valence-electron chi connectivity index (χ1n) is 5.58. The summed E-state index contributed by atoms with van der Waals surface area (Å²) >= 11 is 1.63. The molecule has 16 heavy (non-hydrogen) atoms. The van der Waals surface area contributed by atoms with Gasteiger partial charge in [-0.3, -0.25) is 9.59 Å². The third-order valence-corrected chi connectivity index (χ3v) is 2.60. The summed E-state index contributed by atoms with van der Waals surface area (Å²) in [6, 6.07) is 0. The first kappa shape index (κ1) is 15.3. The van der Waals surface area contributed by atoms with Crippen molar-refractivity contribution in [3.05, 3.63) is 0 Å². The Labute approximate surface area is 102 Å². The first-order chi connectivity index (χ1) is 7.65. The van der Waals surface area contributed by atoms with Gasteiger partial charge in [0.25, 0.3) is 0 Å². The van der Waals surface area contributed by atoms with Crippen molar-refractivity contribution in [2.45, 2.75) is 26.7 Å². The quantitative estimate of drug-likeness (QED) is 0.610. The molecule has 0 aliphatic carbocycles. The number of hydrogen-bond donors (Lipinski definition) is 0. The Morgan fingerprint density at radius 2 is 2.00 bits per heavy atom. The van der Waals surface area contributed by atoms with Crippen LogP contribution in [0.15, 0.2) is 0 Å². The maximum Gasteiger partial charge on any atom is 0.325 e. The minimum Gasteiger partial charge on any atom is -0.465 e. The molecule has 0 unspecified atom stereocenters. The van der Waals surface area contributed by atoms with Crippen LogP contribution >= 0.6 is 11.8 Å². The van der Waals surface area contributed by atoms with E-state index >= 15 is 0 Å². The molecule has 0 saturated carbocycles. The molecule has 0 fully saturated rings. The number of carbonyl (C=O) groups is 2. The lowest BCUT2D eigenvalue weighted by Crippen LogP contribution is -2.37. The Bertz CT molecular complexity index is 221. The van der Waals surface area contributed by atoms with Crippen molar-refractivity contribution in [3.63, 3.8) is 0 Å². The molecule has 5 heteroatoms. The summed E-state index contributed by atoms with van der Waals surface area (Å²) in [7, 11) is 0.